The van der Waals surface area contributed by atoms with Crippen LogP contribution < -0.4 is 11.3 Å². The number of nitrogens with two attached hydrogens (primary N) is 1. The van der Waals surface area contributed by atoms with Crippen molar-refractivity contribution >= 4 is 0 Å². The summed E-state index contributed by atoms with van der Waals surface area (Å²) in [4.78, 5) is 0. The minimum Gasteiger partial charge on any atom is -0.271 e. The van der Waals surface area contributed by atoms with E-state index in [4.69, 9.17) is 5.84 Å². The van der Waals surface area contributed by atoms with Crippen molar-refractivity contribution in [2.75, 3.05) is 0 Å². The van der Waals surface area contributed by atoms with Crippen LogP contribution in [0.4, 0.5) is 8.78 Å². The van der Waals surface area contributed by atoms with Gasteiger partial charge in [-0.15, -0.1) is 5.10 Å². The molecule has 0 fully saturated rings. The van der Waals surface area contributed by atoms with Gasteiger partial charge < -0.3 is 0 Å². The third-order valence-electron chi connectivity index (χ3n) is 2.33. The Morgan fingerprint density at radius 3 is 2.53 bits per heavy atom. The predicted molar refractivity (Wildman–Crippen MR) is 57.4 cm³/mol. The van der Waals surface area contributed by atoms with E-state index < -0.39 is 12.5 Å². The summed E-state index contributed by atoms with van der Waals surface area (Å²) in [6.07, 6.45) is -1.37. The van der Waals surface area contributed by atoms with E-state index in [1.165, 1.54) is 10.9 Å². The van der Waals surface area contributed by atoms with Crippen molar-refractivity contribution < 1.29 is 8.78 Å². The highest BCUT2D eigenvalue weighted by atomic mass is 19.3. The summed E-state index contributed by atoms with van der Waals surface area (Å²) >= 11 is 0. The van der Waals surface area contributed by atoms with Crippen LogP contribution >= 0.6 is 0 Å². The van der Waals surface area contributed by atoms with Gasteiger partial charge in [0.25, 0.3) is 6.43 Å². The number of nitrogens with one attached hydrogen (secondary N) is 1. The standard InChI is InChI=1S/C10H11F2N5/c11-10(12)9(15-13)8-6-14-16-17(8)7-4-2-1-3-5-7/h1-6,9-10,15H,13H2. The van der Waals surface area contributed by atoms with Crippen LogP contribution in [-0.4, -0.2) is 21.4 Å². The van der Waals surface area contributed by atoms with Gasteiger partial charge in [-0.1, -0.05) is 23.4 Å². The summed E-state index contributed by atoms with van der Waals surface area (Å²) in [5.41, 5.74) is 2.93. The molecule has 1 heterocycles. The smallest absolute Gasteiger partial charge is 0.260 e. The molecule has 0 saturated heterocycles. The second-order valence-corrected chi connectivity index (χ2v) is 3.39. The van der Waals surface area contributed by atoms with Gasteiger partial charge in [0, 0.05) is 0 Å². The number of hydrazine groups is 1. The normalized spacial score (nSPS) is 12.9. The van der Waals surface area contributed by atoms with Crippen molar-refractivity contribution in [1.29, 1.82) is 0 Å². The van der Waals surface area contributed by atoms with Gasteiger partial charge in [-0.3, -0.25) is 5.84 Å². The molecule has 0 spiro atoms. The summed E-state index contributed by atoms with van der Waals surface area (Å²) in [5, 5.41) is 7.41. The van der Waals surface area contributed by atoms with E-state index in [-0.39, 0.29) is 5.69 Å². The number of halogens is 2. The first-order valence-electron chi connectivity index (χ1n) is 4.94. The number of nitrogens with zero attached hydrogens (tertiary/aromatic N) is 3. The van der Waals surface area contributed by atoms with Crippen LogP contribution in [0, 0.1) is 0 Å². The Hall–Kier alpha value is -1.86. The third kappa shape index (κ3) is 2.29. The molecule has 17 heavy (non-hydrogen) atoms. The van der Waals surface area contributed by atoms with Crippen LogP contribution in [0.2, 0.25) is 0 Å². The van der Waals surface area contributed by atoms with Crippen molar-refractivity contribution in [2.24, 2.45) is 5.84 Å². The first-order chi connectivity index (χ1) is 8.24. The Morgan fingerprint density at radius 2 is 1.94 bits per heavy atom. The molecule has 0 saturated carbocycles. The number of benzene rings is 1. The average Bonchev–Trinajstić information content (AvgIpc) is 2.80. The van der Waals surface area contributed by atoms with Crippen molar-refractivity contribution in [2.45, 2.75) is 12.5 Å². The molecule has 0 aliphatic rings. The van der Waals surface area contributed by atoms with E-state index in [1.54, 1.807) is 24.3 Å². The fraction of sp³-hybridized carbons (Fsp3) is 0.200. The molecule has 0 aliphatic carbocycles. The molecule has 0 aliphatic heterocycles. The molecule has 5 nitrogen and oxygen atoms in total. The summed E-state index contributed by atoms with van der Waals surface area (Å²) in [7, 11) is 0. The van der Waals surface area contributed by atoms with Crippen LogP contribution in [0.1, 0.15) is 11.7 Å². The summed E-state index contributed by atoms with van der Waals surface area (Å²) in [6.45, 7) is 0. The van der Waals surface area contributed by atoms with Crippen LogP contribution in [0.25, 0.3) is 5.69 Å². The summed E-state index contributed by atoms with van der Waals surface area (Å²) in [5.74, 6) is 5.11. The van der Waals surface area contributed by atoms with Gasteiger partial charge in [-0.25, -0.2) is 18.9 Å². The first kappa shape index (κ1) is 11.6. The van der Waals surface area contributed by atoms with Crippen molar-refractivity contribution in [3.05, 3.63) is 42.2 Å². The van der Waals surface area contributed by atoms with Gasteiger partial charge in [0.05, 0.1) is 17.6 Å². The maximum atomic E-state index is 12.7. The number of hydrogen-bond acceptors (Lipinski definition) is 4. The van der Waals surface area contributed by atoms with Gasteiger partial charge in [-0.2, -0.15) is 0 Å². The zero-order valence-corrected chi connectivity index (χ0v) is 8.79. The fourth-order valence-corrected chi connectivity index (χ4v) is 1.51. The molecule has 7 heteroatoms. The highest BCUT2D eigenvalue weighted by Gasteiger charge is 2.25. The van der Waals surface area contributed by atoms with Gasteiger partial charge in [0.1, 0.15) is 6.04 Å². The van der Waals surface area contributed by atoms with Crippen molar-refractivity contribution in [3.8, 4) is 5.69 Å². The largest absolute Gasteiger partial charge is 0.271 e. The quantitative estimate of drug-likeness (QED) is 0.617. The van der Waals surface area contributed by atoms with Crippen LogP contribution in [0.5, 0.6) is 0 Å². The lowest BCUT2D eigenvalue weighted by molar-refractivity contribution is 0.0956. The number of alkyl halides is 2. The van der Waals surface area contributed by atoms with Gasteiger partial charge in [0.2, 0.25) is 0 Å². The van der Waals surface area contributed by atoms with Crippen LogP contribution in [0.3, 0.4) is 0 Å². The molecular weight excluding hydrogens is 228 g/mol. The van der Waals surface area contributed by atoms with E-state index in [2.05, 4.69) is 15.7 Å². The predicted octanol–water partition coefficient (Wildman–Crippen LogP) is 1.04. The molecule has 1 aromatic heterocycles. The zero-order valence-electron chi connectivity index (χ0n) is 8.79. The maximum absolute atomic E-state index is 12.7. The average molecular weight is 239 g/mol. The van der Waals surface area contributed by atoms with E-state index in [0.717, 1.165) is 0 Å². The minimum atomic E-state index is -2.64. The highest BCUT2D eigenvalue weighted by Crippen LogP contribution is 2.21. The third-order valence-corrected chi connectivity index (χ3v) is 2.33. The van der Waals surface area contributed by atoms with Gasteiger partial charge >= 0.3 is 0 Å². The first-order valence-corrected chi connectivity index (χ1v) is 4.94. The second kappa shape index (κ2) is 4.98. The van der Waals surface area contributed by atoms with Crippen molar-refractivity contribution in [3.63, 3.8) is 0 Å². The molecule has 2 aromatic rings. The highest BCUT2D eigenvalue weighted by molar-refractivity contribution is 5.32. The molecule has 0 radical (unpaired) electrons. The molecule has 1 unspecified atom stereocenters. The lowest BCUT2D eigenvalue weighted by Gasteiger charge is -2.15. The molecule has 90 valence electrons. The lowest BCUT2D eigenvalue weighted by Crippen LogP contribution is -2.34. The Labute approximate surface area is 96.2 Å². The van der Waals surface area contributed by atoms with Gasteiger partial charge in [0.15, 0.2) is 0 Å². The lowest BCUT2D eigenvalue weighted by atomic mass is 10.2. The molecule has 3 N–H and O–H groups in total. The molecule has 2 rings (SSSR count). The maximum Gasteiger partial charge on any atom is 0.260 e. The number of hydrogen-bond donors (Lipinski definition) is 2. The molecule has 1 aromatic carbocycles. The number of para-hydroxylation sites is 1. The van der Waals surface area contributed by atoms with Crippen LogP contribution in [-0.2, 0) is 0 Å². The monoisotopic (exact) mass is 239 g/mol. The molecular formula is C10H11F2N5. The van der Waals surface area contributed by atoms with Crippen molar-refractivity contribution in [1.82, 2.24) is 20.4 Å². The Kier molecular flexibility index (Phi) is 3.40. The molecule has 0 amide bonds. The summed E-state index contributed by atoms with van der Waals surface area (Å²) in [6, 6.07) is 7.59. The zero-order chi connectivity index (χ0) is 12.3. The van der Waals surface area contributed by atoms with Gasteiger partial charge in [-0.05, 0) is 12.1 Å². The van der Waals surface area contributed by atoms with E-state index in [9.17, 15) is 8.78 Å². The van der Waals surface area contributed by atoms with Crippen LogP contribution in [0.15, 0.2) is 36.5 Å². The number of aromatic nitrogens is 3. The fourth-order valence-electron chi connectivity index (χ4n) is 1.51. The Balaban J connectivity index is 2.41. The van der Waals surface area contributed by atoms with E-state index in [1.807, 2.05) is 6.07 Å². The Bertz CT molecular complexity index is 471. The molecule has 0 bridgehead atoms. The molecule has 1 atom stereocenters. The minimum absolute atomic E-state index is 0.216. The topological polar surface area (TPSA) is 68.8 Å². The summed E-state index contributed by atoms with van der Waals surface area (Å²) < 4.78 is 26.8. The SMILES string of the molecule is NNC(c1cnnn1-c1ccccc1)C(F)F. The second-order valence-electron chi connectivity index (χ2n) is 3.39. The van der Waals surface area contributed by atoms with E-state index >= 15 is 0 Å². The number of rotatable bonds is 4. The Morgan fingerprint density at radius 1 is 1.24 bits per heavy atom. The van der Waals surface area contributed by atoms with E-state index in [0.29, 0.717) is 5.69 Å².